The molecule has 1 saturated heterocycles. The van der Waals surface area contributed by atoms with E-state index in [0.29, 0.717) is 18.8 Å². The summed E-state index contributed by atoms with van der Waals surface area (Å²) in [4.78, 5) is 30.3. The minimum atomic E-state index is -0.268. The second-order valence-electron chi connectivity index (χ2n) is 7.15. The van der Waals surface area contributed by atoms with E-state index in [1.165, 1.54) is 16.4 Å². The summed E-state index contributed by atoms with van der Waals surface area (Å²) in [6.45, 7) is 2.79. The van der Waals surface area contributed by atoms with Gasteiger partial charge in [-0.2, -0.15) is 5.10 Å². The fourth-order valence-electron chi connectivity index (χ4n) is 3.56. The maximum absolute atomic E-state index is 12.8. The van der Waals surface area contributed by atoms with Gasteiger partial charge in [-0.05, 0) is 36.6 Å². The van der Waals surface area contributed by atoms with E-state index in [1.807, 2.05) is 53.6 Å². The van der Waals surface area contributed by atoms with Crippen molar-refractivity contribution in [2.75, 3.05) is 37.3 Å². The van der Waals surface area contributed by atoms with Crippen LogP contribution in [0.15, 0.2) is 76.4 Å². The highest BCUT2D eigenvalue weighted by Crippen LogP contribution is 2.21. The average Bonchev–Trinajstić information content (AvgIpc) is 2.81. The highest BCUT2D eigenvalue weighted by atomic mass is 32.2. The summed E-state index contributed by atoms with van der Waals surface area (Å²) in [6.07, 6.45) is 2.03. The molecular weight excluding hydrogens is 396 g/mol. The minimum Gasteiger partial charge on any atom is -0.368 e. The van der Waals surface area contributed by atoms with Gasteiger partial charge < -0.3 is 9.80 Å². The molecular formula is C23H24N4O2S. The van der Waals surface area contributed by atoms with Crippen LogP contribution in [0.2, 0.25) is 0 Å². The summed E-state index contributed by atoms with van der Waals surface area (Å²) in [5.74, 6) is -0.0767. The number of rotatable bonds is 5. The molecule has 4 rings (SSSR count). The van der Waals surface area contributed by atoms with Gasteiger partial charge in [-0.3, -0.25) is 9.59 Å². The van der Waals surface area contributed by atoms with Gasteiger partial charge in [0.2, 0.25) is 5.91 Å². The van der Waals surface area contributed by atoms with Gasteiger partial charge in [0.15, 0.2) is 0 Å². The Morgan fingerprint density at radius 2 is 1.63 bits per heavy atom. The Hall–Kier alpha value is -3.06. The van der Waals surface area contributed by atoms with Crippen molar-refractivity contribution in [3.63, 3.8) is 0 Å². The maximum atomic E-state index is 12.8. The Kier molecular flexibility index (Phi) is 6.18. The largest absolute Gasteiger partial charge is 0.368 e. The molecule has 2 aromatic carbocycles. The van der Waals surface area contributed by atoms with Crippen molar-refractivity contribution in [1.82, 2.24) is 14.7 Å². The molecule has 0 aliphatic carbocycles. The molecule has 2 heterocycles. The predicted octanol–water partition coefficient (Wildman–Crippen LogP) is 2.98. The summed E-state index contributed by atoms with van der Waals surface area (Å²) < 4.78 is 1.27. The molecule has 1 aromatic heterocycles. The number of carbonyl (C=O) groups excluding carboxylic acids is 1. The zero-order valence-corrected chi connectivity index (χ0v) is 17.7. The molecule has 0 radical (unpaired) electrons. The van der Waals surface area contributed by atoms with Crippen LogP contribution in [0.25, 0.3) is 11.3 Å². The molecule has 0 atom stereocenters. The second kappa shape index (κ2) is 9.17. The van der Waals surface area contributed by atoms with E-state index in [0.717, 1.165) is 23.5 Å². The number of piperazine rings is 1. The normalized spacial score (nSPS) is 14.0. The molecule has 1 fully saturated rings. The molecule has 1 aliphatic heterocycles. The summed E-state index contributed by atoms with van der Waals surface area (Å²) in [5.41, 5.74) is 2.51. The molecule has 30 heavy (non-hydrogen) atoms. The van der Waals surface area contributed by atoms with Crippen molar-refractivity contribution in [3.8, 4) is 11.3 Å². The van der Waals surface area contributed by atoms with E-state index in [9.17, 15) is 9.59 Å². The van der Waals surface area contributed by atoms with Crippen molar-refractivity contribution in [1.29, 1.82) is 0 Å². The van der Waals surface area contributed by atoms with Crippen LogP contribution in [0.3, 0.4) is 0 Å². The number of amides is 1. The second-order valence-corrected chi connectivity index (χ2v) is 8.03. The third-order valence-corrected chi connectivity index (χ3v) is 6.03. The minimum absolute atomic E-state index is 0.0408. The van der Waals surface area contributed by atoms with E-state index in [4.69, 9.17) is 0 Å². The molecule has 0 unspecified atom stereocenters. The highest BCUT2D eigenvalue weighted by molar-refractivity contribution is 7.98. The topological polar surface area (TPSA) is 58.4 Å². The molecule has 6 nitrogen and oxygen atoms in total. The lowest BCUT2D eigenvalue weighted by atomic mass is 10.1. The molecule has 0 N–H and O–H groups in total. The zero-order chi connectivity index (χ0) is 20.9. The summed E-state index contributed by atoms with van der Waals surface area (Å²) in [5, 5.41) is 4.43. The van der Waals surface area contributed by atoms with E-state index >= 15 is 0 Å². The number of benzene rings is 2. The Balaban J connectivity index is 1.42. The number of hydrogen-bond donors (Lipinski definition) is 0. The highest BCUT2D eigenvalue weighted by Gasteiger charge is 2.22. The van der Waals surface area contributed by atoms with Gasteiger partial charge in [0.25, 0.3) is 5.56 Å². The quantitative estimate of drug-likeness (QED) is 0.594. The van der Waals surface area contributed by atoms with Crippen LogP contribution in [-0.4, -0.2) is 53.0 Å². The SMILES string of the molecule is CSc1ccc(-c2ccc(=O)n(CC(=O)N3CCN(c4ccccc4)CC3)n2)cc1. The number of anilines is 1. The summed E-state index contributed by atoms with van der Waals surface area (Å²) >= 11 is 1.67. The van der Waals surface area contributed by atoms with Crippen molar-refractivity contribution < 1.29 is 4.79 Å². The molecule has 0 spiro atoms. The Labute approximate surface area is 180 Å². The van der Waals surface area contributed by atoms with Crippen molar-refractivity contribution in [2.45, 2.75) is 11.4 Å². The molecule has 7 heteroatoms. The first-order chi connectivity index (χ1) is 14.6. The van der Waals surface area contributed by atoms with Gasteiger partial charge >= 0.3 is 0 Å². The van der Waals surface area contributed by atoms with E-state index < -0.39 is 0 Å². The number of carbonyl (C=O) groups is 1. The maximum Gasteiger partial charge on any atom is 0.267 e. The zero-order valence-electron chi connectivity index (χ0n) is 16.9. The fraction of sp³-hybridized carbons (Fsp3) is 0.261. The Morgan fingerprint density at radius 1 is 0.933 bits per heavy atom. The van der Waals surface area contributed by atoms with Gasteiger partial charge in [0.1, 0.15) is 6.54 Å². The standard InChI is InChI=1S/C23H24N4O2S/c1-30-20-9-7-18(8-10-20)21-11-12-22(28)27(24-21)17-23(29)26-15-13-25(14-16-26)19-5-3-2-4-6-19/h2-12H,13-17H2,1H3. The first-order valence-corrected chi connectivity index (χ1v) is 11.2. The number of nitrogens with zero attached hydrogens (tertiary/aromatic N) is 4. The van der Waals surface area contributed by atoms with E-state index in [1.54, 1.807) is 17.8 Å². The van der Waals surface area contributed by atoms with Crippen molar-refractivity contribution in [3.05, 3.63) is 77.1 Å². The lowest BCUT2D eigenvalue weighted by molar-refractivity contribution is -0.132. The smallest absolute Gasteiger partial charge is 0.267 e. The van der Waals surface area contributed by atoms with Crippen molar-refractivity contribution in [2.24, 2.45) is 0 Å². The van der Waals surface area contributed by atoms with E-state index in [2.05, 4.69) is 22.1 Å². The lowest BCUT2D eigenvalue weighted by Gasteiger charge is -2.36. The monoisotopic (exact) mass is 420 g/mol. The third-order valence-electron chi connectivity index (χ3n) is 5.29. The third kappa shape index (κ3) is 4.57. The van der Waals surface area contributed by atoms with E-state index in [-0.39, 0.29) is 18.0 Å². The van der Waals surface area contributed by atoms with Gasteiger partial charge in [-0.1, -0.05) is 30.3 Å². The Bertz CT molecular complexity index is 1060. The molecule has 0 bridgehead atoms. The average molecular weight is 421 g/mol. The molecule has 3 aromatic rings. The van der Waals surface area contributed by atoms with Crippen LogP contribution in [0.1, 0.15) is 0 Å². The molecule has 1 amide bonds. The van der Waals surface area contributed by atoms with Crippen molar-refractivity contribution >= 4 is 23.4 Å². The molecule has 0 saturated carbocycles. The van der Waals surface area contributed by atoms with Crippen LogP contribution in [-0.2, 0) is 11.3 Å². The van der Waals surface area contributed by atoms with Crippen LogP contribution >= 0.6 is 11.8 Å². The number of aromatic nitrogens is 2. The molecule has 154 valence electrons. The number of thioether (sulfide) groups is 1. The van der Waals surface area contributed by atoms with Gasteiger partial charge in [-0.25, -0.2) is 4.68 Å². The predicted molar refractivity (Wildman–Crippen MR) is 121 cm³/mol. The van der Waals surface area contributed by atoms with Crippen LogP contribution < -0.4 is 10.5 Å². The van der Waals surface area contributed by atoms with Gasteiger partial charge in [0, 0.05) is 48.4 Å². The number of hydrogen-bond acceptors (Lipinski definition) is 5. The lowest BCUT2D eigenvalue weighted by Crippen LogP contribution is -2.50. The Morgan fingerprint density at radius 3 is 2.30 bits per heavy atom. The first kappa shape index (κ1) is 20.2. The fourth-order valence-corrected chi connectivity index (χ4v) is 3.97. The first-order valence-electron chi connectivity index (χ1n) is 9.94. The molecule has 1 aliphatic rings. The number of para-hydroxylation sites is 1. The summed E-state index contributed by atoms with van der Waals surface area (Å²) in [6, 6.07) is 21.4. The van der Waals surface area contributed by atoms with Crippen LogP contribution in [0.5, 0.6) is 0 Å². The van der Waals surface area contributed by atoms with Gasteiger partial charge in [0.05, 0.1) is 5.69 Å². The van der Waals surface area contributed by atoms with Crippen LogP contribution in [0, 0.1) is 0 Å². The van der Waals surface area contributed by atoms with Crippen LogP contribution in [0.4, 0.5) is 5.69 Å². The summed E-state index contributed by atoms with van der Waals surface area (Å²) in [7, 11) is 0. The van der Waals surface area contributed by atoms with Gasteiger partial charge in [-0.15, -0.1) is 11.8 Å².